The van der Waals surface area contributed by atoms with E-state index >= 15 is 0 Å². The van der Waals surface area contributed by atoms with E-state index in [0.717, 1.165) is 38.2 Å². The van der Waals surface area contributed by atoms with Gasteiger partial charge in [-0.2, -0.15) is 0 Å². The van der Waals surface area contributed by atoms with E-state index in [1.807, 2.05) is 49.7 Å². The van der Waals surface area contributed by atoms with E-state index in [2.05, 4.69) is 17.2 Å². The van der Waals surface area contributed by atoms with Gasteiger partial charge in [-0.05, 0) is 53.5 Å². The van der Waals surface area contributed by atoms with Crippen LogP contribution in [0.2, 0.25) is 0 Å². The highest BCUT2D eigenvalue weighted by Crippen LogP contribution is 2.23. The van der Waals surface area contributed by atoms with Gasteiger partial charge in [0.25, 0.3) is 0 Å². The number of aromatic nitrogens is 2. The Morgan fingerprint density at radius 1 is 1.52 bits per heavy atom. The SMILES string of the molecule is CC(NCCC1CCCN1C(=O)OC(C)(C)C)c1nccn1C. The number of amides is 1. The number of rotatable bonds is 5. The minimum absolute atomic E-state index is 0.183. The lowest BCUT2D eigenvalue weighted by Gasteiger charge is -2.29. The molecule has 0 saturated carbocycles. The number of aryl methyl sites for hydroxylation is 1. The monoisotopic (exact) mass is 322 g/mol. The first kappa shape index (κ1) is 17.8. The molecule has 2 rings (SSSR count). The zero-order valence-corrected chi connectivity index (χ0v) is 15.0. The quantitative estimate of drug-likeness (QED) is 0.905. The second kappa shape index (κ2) is 7.34. The summed E-state index contributed by atoms with van der Waals surface area (Å²) in [6.45, 7) is 9.50. The van der Waals surface area contributed by atoms with Crippen LogP contribution >= 0.6 is 0 Å². The summed E-state index contributed by atoms with van der Waals surface area (Å²) in [5, 5.41) is 3.50. The van der Waals surface area contributed by atoms with Crippen molar-refractivity contribution in [2.24, 2.45) is 7.05 Å². The number of carbonyl (C=O) groups excluding carboxylic acids is 1. The molecule has 2 unspecified atom stereocenters. The van der Waals surface area contributed by atoms with Gasteiger partial charge in [0.1, 0.15) is 11.4 Å². The predicted molar refractivity (Wildman–Crippen MR) is 90.2 cm³/mol. The zero-order chi connectivity index (χ0) is 17.0. The number of nitrogens with zero attached hydrogens (tertiary/aromatic N) is 3. The van der Waals surface area contributed by atoms with E-state index in [9.17, 15) is 4.79 Å². The van der Waals surface area contributed by atoms with E-state index < -0.39 is 5.60 Å². The minimum atomic E-state index is -0.435. The highest BCUT2D eigenvalue weighted by molar-refractivity contribution is 5.68. The molecule has 0 bridgehead atoms. The van der Waals surface area contributed by atoms with Gasteiger partial charge in [-0.1, -0.05) is 0 Å². The first-order valence-corrected chi connectivity index (χ1v) is 8.48. The summed E-state index contributed by atoms with van der Waals surface area (Å²) in [6, 6.07) is 0.470. The molecule has 1 saturated heterocycles. The third-order valence-electron chi connectivity index (χ3n) is 4.18. The second-order valence-electron chi connectivity index (χ2n) is 7.33. The number of nitrogens with one attached hydrogen (secondary N) is 1. The van der Waals surface area contributed by atoms with E-state index in [-0.39, 0.29) is 18.2 Å². The molecule has 1 fully saturated rings. The van der Waals surface area contributed by atoms with Crippen molar-refractivity contribution < 1.29 is 9.53 Å². The maximum Gasteiger partial charge on any atom is 0.410 e. The van der Waals surface area contributed by atoms with Crippen LogP contribution in [-0.2, 0) is 11.8 Å². The molecule has 2 atom stereocenters. The zero-order valence-electron chi connectivity index (χ0n) is 15.0. The Morgan fingerprint density at radius 3 is 2.87 bits per heavy atom. The molecule has 0 radical (unpaired) electrons. The van der Waals surface area contributed by atoms with Crippen LogP contribution in [0.25, 0.3) is 0 Å². The summed E-state index contributed by atoms with van der Waals surface area (Å²) < 4.78 is 7.54. The van der Waals surface area contributed by atoms with Gasteiger partial charge in [0, 0.05) is 32.0 Å². The van der Waals surface area contributed by atoms with E-state index in [4.69, 9.17) is 4.74 Å². The van der Waals surface area contributed by atoms with Crippen molar-refractivity contribution in [1.29, 1.82) is 0 Å². The van der Waals surface area contributed by atoms with E-state index in [0.29, 0.717) is 0 Å². The van der Waals surface area contributed by atoms with Gasteiger partial charge in [-0.3, -0.25) is 0 Å². The number of ether oxygens (including phenoxy) is 1. The molecule has 1 aromatic heterocycles. The molecule has 1 N–H and O–H groups in total. The van der Waals surface area contributed by atoms with Gasteiger partial charge in [-0.25, -0.2) is 9.78 Å². The van der Waals surface area contributed by atoms with Crippen LogP contribution in [0.1, 0.15) is 58.8 Å². The summed E-state index contributed by atoms with van der Waals surface area (Å²) in [7, 11) is 2.00. The Morgan fingerprint density at radius 2 is 2.26 bits per heavy atom. The van der Waals surface area contributed by atoms with Crippen LogP contribution < -0.4 is 5.32 Å². The second-order valence-corrected chi connectivity index (χ2v) is 7.33. The molecular formula is C17H30N4O2. The van der Waals surface area contributed by atoms with E-state index in [1.165, 1.54) is 0 Å². The first-order chi connectivity index (χ1) is 10.8. The highest BCUT2D eigenvalue weighted by Gasteiger charge is 2.31. The van der Waals surface area contributed by atoms with Crippen molar-refractivity contribution in [3.05, 3.63) is 18.2 Å². The van der Waals surface area contributed by atoms with Crippen LogP contribution in [0, 0.1) is 0 Å². The third kappa shape index (κ3) is 4.96. The third-order valence-corrected chi connectivity index (χ3v) is 4.18. The van der Waals surface area contributed by atoms with Crippen LogP contribution in [0.5, 0.6) is 0 Å². The average Bonchev–Trinajstić information content (AvgIpc) is 3.05. The summed E-state index contributed by atoms with van der Waals surface area (Å²) in [6.07, 6.45) is 6.63. The van der Waals surface area contributed by atoms with Crippen LogP contribution in [0.15, 0.2) is 12.4 Å². The van der Waals surface area contributed by atoms with Gasteiger partial charge in [-0.15, -0.1) is 0 Å². The Kier molecular flexibility index (Phi) is 5.68. The molecule has 1 aliphatic heterocycles. The molecule has 130 valence electrons. The summed E-state index contributed by atoms with van der Waals surface area (Å²) in [5.74, 6) is 1.03. The largest absolute Gasteiger partial charge is 0.444 e. The first-order valence-electron chi connectivity index (χ1n) is 8.48. The predicted octanol–water partition coefficient (Wildman–Crippen LogP) is 2.86. The fourth-order valence-corrected chi connectivity index (χ4v) is 3.05. The summed E-state index contributed by atoms with van der Waals surface area (Å²) in [5.41, 5.74) is -0.435. The number of carbonyl (C=O) groups is 1. The molecule has 6 heteroatoms. The molecule has 6 nitrogen and oxygen atoms in total. The topological polar surface area (TPSA) is 59.4 Å². The molecule has 1 aliphatic rings. The summed E-state index contributed by atoms with van der Waals surface area (Å²) in [4.78, 5) is 18.5. The highest BCUT2D eigenvalue weighted by atomic mass is 16.6. The van der Waals surface area contributed by atoms with Crippen LogP contribution in [0.4, 0.5) is 4.79 Å². The maximum absolute atomic E-state index is 12.3. The number of hydrogen-bond acceptors (Lipinski definition) is 4. The fraction of sp³-hybridized carbons (Fsp3) is 0.765. The van der Waals surface area contributed by atoms with Crippen molar-refractivity contribution in [2.75, 3.05) is 13.1 Å². The average molecular weight is 322 g/mol. The Bertz CT molecular complexity index is 521. The lowest BCUT2D eigenvalue weighted by atomic mass is 10.1. The Balaban J connectivity index is 1.80. The normalized spacial score (nSPS) is 19.9. The molecule has 1 aromatic rings. The lowest BCUT2D eigenvalue weighted by Crippen LogP contribution is -2.41. The van der Waals surface area contributed by atoms with Gasteiger partial charge in [0.2, 0.25) is 0 Å². The number of imidazole rings is 1. The minimum Gasteiger partial charge on any atom is -0.444 e. The van der Waals surface area contributed by atoms with Crippen molar-refractivity contribution in [1.82, 2.24) is 19.8 Å². The molecule has 1 amide bonds. The molecule has 0 aliphatic carbocycles. The van der Waals surface area contributed by atoms with Gasteiger partial charge >= 0.3 is 6.09 Å². The van der Waals surface area contributed by atoms with Gasteiger partial charge < -0.3 is 19.5 Å². The van der Waals surface area contributed by atoms with Crippen molar-refractivity contribution in [3.8, 4) is 0 Å². The van der Waals surface area contributed by atoms with Crippen molar-refractivity contribution in [2.45, 2.75) is 64.6 Å². The smallest absolute Gasteiger partial charge is 0.410 e. The van der Waals surface area contributed by atoms with Crippen molar-refractivity contribution in [3.63, 3.8) is 0 Å². The van der Waals surface area contributed by atoms with E-state index in [1.54, 1.807) is 0 Å². The van der Waals surface area contributed by atoms with Crippen LogP contribution in [-0.4, -0.2) is 45.3 Å². The Hall–Kier alpha value is -1.56. The number of hydrogen-bond donors (Lipinski definition) is 1. The summed E-state index contributed by atoms with van der Waals surface area (Å²) >= 11 is 0. The van der Waals surface area contributed by atoms with Crippen molar-refractivity contribution >= 4 is 6.09 Å². The maximum atomic E-state index is 12.3. The molecule has 0 aromatic carbocycles. The van der Waals surface area contributed by atoms with Gasteiger partial charge in [0.05, 0.1) is 6.04 Å². The Labute approximate surface area is 139 Å². The number of likely N-dealkylation sites (tertiary alicyclic amines) is 1. The lowest BCUT2D eigenvalue weighted by molar-refractivity contribution is 0.0220. The molecule has 0 spiro atoms. The fourth-order valence-electron chi connectivity index (χ4n) is 3.05. The molecule has 23 heavy (non-hydrogen) atoms. The molecular weight excluding hydrogens is 292 g/mol. The van der Waals surface area contributed by atoms with Crippen LogP contribution in [0.3, 0.4) is 0 Å². The molecule has 2 heterocycles. The van der Waals surface area contributed by atoms with Gasteiger partial charge in [0.15, 0.2) is 0 Å². The standard InChI is InChI=1S/C17H30N4O2/c1-13(15-19-10-12-20(15)5)18-9-8-14-7-6-11-21(14)16(22)23-17(2,3)4/h10,12-14,18H,6-9,11H2,1-5H3.